The molecular weight excluding hydrogens is 292 g/mol. The van der Waals surface area contributed by atoms with Gasteiger partial charge in [0.1, 0.15) is 0 Å². The maximum absolute atomic E-state index is 12.9. The second-order valence-corrected chi connectivity index (χ2v) is 6.70. The monoisotopic (exact) mass is 316 g/mol. The Hall–Kier alpha value is -1.88. The number of hydrogen-bond donors (Lipinski definition) is 1. The van der Waals surface area contributed by atoms with E-state index in [1.807, 2.05) is 23.1 Å². The number of piperidine rings is 1. The van der Waals surface area contributed by atoms with Crippen molar-refractivity contribution in [3.8, 4) is 0 Å². The molecule has 5 nitrogen and oxygen atoms in total. The van der Waals surface area contributed by atoms with E-state index in [9.17, 15) is 14.7 Å². The van der Waals surface area contributed by atoms with Gasteiger partial charge in [-0.2, -0.15) is 0 Å². The van der Waals surface area contributed by atoms with Gasteiger partial charge >= 0.3 is 0 Å². The van der Waals surface area contributed by atoms with E-state index in [0.29, 0.717) is 18.7 Å². The van der Waals surface area contributed by atoms with E-state index in [0.717, 1.165) is 30.5 Å². The van der Waals surface area contributed by atoms with Crippen LogP contribution in [0.3, 0.4) is 0 Å². The van der Waals surface area contributed by atoms with Crippen molar-refractivity contribution in [2.24, 2.45) is 5.92 Å². The molecule has 2 unspecified atom stereocenters. The molecule has 0 radical (unpaired) electrons. The predicted octanol–water partition coefficient (Wildman–Crippen LogP) is 1.83. The molecule has 0 aliphatic carbocycles. The second-order valence-electron chi connectivity index (χ2n) is 6.70. The Labute approximate surface area is 136 Å². The number of benzene rings is 1. The van der Waals surface area contributed by atoms with Crippen molar-refractivity contribution in [3.63, 3.8) is 0 Å². The summed E-state index contributed by atoms with van der Waals surface area (Å²) < 4.78 is 0. The van der Waals surface area contributed by atoms with E-state index in [1.165, 1.54) is 0 Å². The van der Waals surface area contributed by atoms with Gasteiger partial charge in [-0.1, -0.05) is 0 Å². The van der Waals surface area contributed by atoms with Gasteiger partial charge in [0.25, 0.3) is 5.91 Å². The lowest BCUT2D eigenvalue weighted by Crippen LogP contribution is -2.46. The number of rotatable bonds is 2. The second kappa shape index (κ2) is 6.32. The molecular formula is C18H24N2O3. The fourth-order valence-corrected chi connectivity index (χ4v) is 3.64. The summed E-state index contributed by atoms with van der Waals surface area (Å²) in [7, 11) is 0. The third kappa shape index (κ3) is 2.98. The van der Waals surface area contributed by atoms with Gasteiger partial charge in [-0.3, -0.25) is 9.59 Å². The lowest BCUT2D eigenvalue weighted by molar-refractivity contribution is -0.116. The first-order valence-corrected chi connectivity index (χ1v) is 8.34. The molecule has 1 aromatic carbocycles. The Balaban J connectivity index is 1.82. The van der Waals surface area contributed by atoms with Crippen LogP contribution < -0.4 is 4.90 Å². The number of aliphatic hydroxyl groups excluding tert-OH is 1. The molecule has 1 aromatic rings. The normalized spacial score (nSPS) is 23.8. The van der Waals surface area contributed by atoms with Gasteiger partial charge in [-0.25, -0.2) is 0 Å². The summed E-state index contributed by atoms with van der Waals surface area (Å²) >= 11 is 0. The topological polar surface area (TPSA) is 60.9 Å². The average molecular weight is 316 g/mol. The van der Waals surface area contributed by atoms with E-state index in [4.69, 9.17) is 0 Å². The van der Waals surface area contributed by atoms with Crippen LogP contribution in [0.15, 0.2) is 18.2 Å². The van der Waals surface area contributed by atoms with Gasteiger partial charge in [0, 0.05) is 43.9 Å². The minimum absolute atomic E-state index is 0.0275. The Kier molecular flexibility index (Phi) is 4.39. The standard InChI is InChI=1S/C18H24N2O3/c1-12-3-4-14(11-21)10-20(12)18(23)16-5-6-17-15(9-16)7-8-19(17)13(2)22/h5-6,9,12,14,21H,3-4,7-8,10-11H2,1-2H3. The fourth-order valence-electron chi connectivity index (χ4n) is 3.64. The number of hydrogen-bond acceptors (Lipinski definition) is 3. The van der Waals surface area contributed by atoms with Crippen molar-refractivity contribution in [2.75, 3.05) is 24.6 Å². The highest BCUT2D eigenvalue weighted by atomic mass is 16.3. The van der Waals surface area contributed by atoms with Gasteiger partial charge in [0.2, 0.25) is 5.91 Å². The van der Waals surface area contributed by atoms with Crippen LogP contribution in [0.25, 0.3) is 0 Å². The van der Waals surface area contributed by atoms with Crippen molar-refractivity contribution in [1.29, 1.82) is 0 Å². The van der Waals surface area contributed by atoms with E-state index < -0.39 is 0 Å². The highest BCUT2D eigenvalue weighted by Gasteiger charge is 2.30. The summed E-state index contributed by atoms with van der Waals surface area (Å²) in [5.74, 6) is 0.246. The largest absolute Gasteiger partial charge is 0.396 e. The predicted molar refractivity (Wildman–Crippen MR) is 88.5 cm³/mol. The highest BCUT2D eigenvalue weighted by Crippen LogP contribution is 2.30. The van der Waals surface area contributed by atoms with E-state index in [2.05, 4.69) is 6.92 Å². The molecule has 1 N–H and O–H groups in total. The van der Waals surface area contributed by atoms with Crippen LogP contribution in [-0.2, 0) is 11.2 Å². The number of nitrogens with zero attached hydrogens (tertiary/aromatic N) is 2. The zero-order valence-electron chi connectivity index (χ0n) is 13.8. The SMILES string of the molecule is CC(=O)N1CCc2cc(C(=O)N3CC(CO)CCC3C)ccc21. The fraction of sp³-hybridized carbons (Fsp3) is 0.556. The molecule has 2 amide bonds. The van der Waals surface area contributed by atoms with E-state index >= 15 is 0 Å². The summed E-state index contributed by atoms with van der Waals surface area (Å²) in [5, 5.41) is 9.38. The summed E-state index contributed by atoms with van der Waals surface area (Å²) in [6.07, 6.45) is 2.70. The molecule has 0 bridgehead atoms. The zero-order chi connectivity index (χ0) is 16.6. The first kappa shape index (κ1) is 16.0. The third-order valence-corrected chi connectivity index (χ3v) is 5.10. The Bertz CT molecular complexity index is 629. The minimum atomic E-state index is 0.0275. The Morgan fingerprint density at radius 1 is 1.30 bits per heavy atom. The molecule has 5 heteroatoms. The van der Waals surface area contributed by atoms with Crippen LogP contribution in [0.5, 0.6) is 0 Å². The molecule has 1 fully saturated rings. The summed E-state index contributed by atoms with van der Waals surface area (Å²) in [4.78, 5) is 28.1. The molecule has 0 aromatic heterocycles. The van der Waals surface area contributed by atoms with Crippen LogP contribution in [-0.4, -0.2) is 47.6 Å². The molecule has 2 aliphatic heterocycles. The van der Waals surface area contributed by atoms with Crippen LogP contribution in [0.1, 0.15) is 42.6 Å². The molecule has 0 saturated carbocycles. The number of likely N-dealkylation sites (tertiary alicyclic amines) is 1. The number of amides is 2. The maximum Gasteiger partial charge on any atom is 0.254 e. The lowest BCUT2D eigenvalue weighted by atomic mass is 9.93. The number of anilines is 1. The smallest absolute Gasteiger partial charge is 0.254 e. The summed E-state index contributed by atoms with van der Waals surface area (Å²) in [5.41, 5.74) is 2.67. The van der Waals surface area contributed by atoms with E-state index in [1.54, 1.807) is 11.8 Å². The zero-order valence-corrected chi connectivity index (χ0v) is 13.8. The number of carbonyl (C=O) groups excluding carboxylic acids is 2. The molecule has 2 aliphatic rings. The van der Waals surface area contributed by atoms with Crippen molar-refractivity contribution >= 4 is 17.5 Å². The third-order valence-electron chi connectivity index (χ3n) is 5.10. The molecule has 124 valence electrons. The van der Waals surface area contributed by atoms with Gasteiger partial charge < -0.3 is 14.9 Å². The minimum Gasteiger partial charge on any atom is -0.396 e. The van der Waals surface area contributed by atoms with E-state index in [-0.39, 0.29) is 30.4 Å². The van der Waals surface area contributed by atoms with Crippen LogP contribution in [0.2, 0.25) is 0 Å². The molecule has 3 rings (SSSR count). The van der Waals surface area contributed by atoms with Crippen molar-refractivity contribution in [2.45, 2.75) is 39.2 Å². The lowest BCUT2D eigenvalue weighted by Gasteiger charge is -2.37. The average Bonchev–Trinajstić information content (AvgIpc) is 2.98. The van der Waals surface area contributed by atoms with Crippen molar-refractivity contribution in [1.82, 2.24) is 4.90 Å². The number of fused-ring (bicyclic) bond motifs is 1. The molecule has 2 heterocycles. The van der Waals surface area contributed by atoms with Gasteiger partial charge in [0.15, 0.2) is 0 Å². The number of carbonyl (C=O) groups is 2. The molecule has 0 spiro atoms. The van der Waals surface area contributed by atoms with Crippen molar-refractivity contribution < 1.29 is 14.7 Å². The first-order chi connectivity index (χ1) is 11.0. The molecule has 1 saturated heterocycles. The molecule has 2 atom stereocenters. The maximum atomic E-state index is 12.9. The van der Waals surface area contributed by atoms with Crippen LogP contribution in [0, 0.1) is 5.92 Å². The number of aliphatic hydroxyl groups is 1. The Morgan fingerprint density at radius 2 is 2.09 bits per heavy atom. The van der Waals surface area contributed by atoms with Gasteiger partial charge in [-0.05, 0) is 55.9 Å². The first-order valence-electron chi connectivity index (χ1n) is 8.34. The van der Waals surface area contributed by atoms with Gasteiger partial charge in [0.05, 0.1) is 0 Å². The van der Waals surface area contributed by atoms with Crippen molar-refractivity contribution in [3.05, 3.63) is 29.3 Å². The summed E-state index contributed by atoms with van der Waals surface area (Å²) in [6, 6.07) is 5.83. The quantitative estimate of drug-likeness (QED) is 0.905. The Morgan fingerprint density at radius 3 is 2.78 bits per heavy atom. The molecule has 23 heavy (non-hydrogen) atoms. The summed E-state index contributed by atoms with van der Waals surface area (Å²) in [6.45, 7) is 5.07. The highest BCUT2D eigenvalue weighted by molar-refractivity contribution is 5.98. The van der Waals surface area contributed by atoms with Crippen LogP contribution in [0.4, 0.5) is 5.69 Å². The van der Waals surface area contributed by atoms with Crippen LogP contribution >= 0.6 is 0 Å². The van der Waals surface area contributed by atoms with Gasteiger partial charge in [-0.15, -0.1) is 0 Å².